The van der Waals surface area contributed by atoms with E-state index in [4.69, 9.17) is 4.98 Å². The van der Waals surface area contributed by atoms with Crippen molar-refractivity contribution in [1.29, 1.82) is 0 Å². The maximum Gasteiger partial charge on any atom is 0.176 e. The zero-order valence-electron chi connectivity index (χ0n) is 16.5. The zero-order valence-corrected chi connectivity index (χ0v) is 18.1. The first kappa shape index (κ1) is 18.0. The molecule has 1 aliphatic carbocycles. The second-order valence-electron chi connectivity index (χ2n) is 7.79. The molecule has 0 bridgehead atoms. The van der Waals surface area contributed by atoms with Crippen LogP contribution in [0.3, 0.4) is 0 Å². The van der Waals surface area contributed by atoms with E-state index >= 15 is 0 Å². The van der Waals surface area contributed by atoms with Gasteiger partial charge in [-0.15, -0.1) is 11.3 Å². The maximum absolute atomic E-state index is 12.9. The van der Waals surface area contributed by atoms with Gasteiger partial charge >= 0.3 is 0 Å². The summed E-state index contributed by atoms with van der Waals surface area (Å²) in [4.78, 5) is 27.9. The Morgan fingerprint density at radius 1 is 1.07 bits per heavy atom. The molecule has 3 heterocycles. The summed E-state index contributed by atoms with van der Waals surface area (Å²) < 4.78 is 1.01. The van der Waals surface area contributed by atoms with Crippen molar-refractivity contribution in [2.45, 2.75) is 30.5 Å². The lowest BCUT2D eigenvalue weighted by molar-refractivity contribution is 0.1000. The number of aromatic nitrogens is 3. The van der Waals surface area contributed by atoms with Crippen LogP contribution in [0.1, 0.15) is 27.0 Å². The molecule has 146 valence electrons. The van der Waals surface area contributed by atoms with Crippen molar-refractivity contribution in [2.24, 2.45) is 0 Å². The summed E-state index contributed by atoms with van der Waals surface area (Å²) in [5.74, 6) is 0.193. The van der Waals surface area contributed by atoms with E-state index in [-0.39, 0.29) is 11.0 Å². The van der Waals surface area contributed by atoms with Gasteiger partial charge in [-0.2, -0.15) is 0 Å². The molecule has 0 N–H and O–H groups in total. The summed E-state index contributed by atoms with van der Waals surface area (Å²) in [5, 5.41) is 2.92. The first-order chi connectivity index (χ1) is 14.6. The van der Waals surface area contributed by atoms with Gasteiger partial charge in [0.25, 0.3) is 0 Å². The van der Waals surface area contributed by atoms with Gasteiger partial charge in [0.2, 0.25) is 0 Å². The van der Waals surface area contributed by atoms with Crippen molar-refractivity contribution < 1.29 is 4.79 Å². The molecule has 0 saturated heterocycles. The van der Waals surface area contributed by atoms with E-state index in [9.17, 15) is 4.79 Å². The predicted molar refractivity (Wildman–Crippen MR) is 124 cm³/mol. The van der Waals surface area contributed by atoms with Gasteiger partial charge in [0.1, 0.15) is 16.2 Å². The average Bonchev–Trinajstić information content (AvgIpc) is 3.25. The second kappa shape index (κ2) is 6.59. The summed E-state index contributed by atoms with van der Waals surface area (Å²) in [6.45, 7) is 4.21. The van der Waals surface area contributed by atoms with Crippen molar-refractivity contribution >= 4 is 60.2 Å². The molecule has 0 spiro atoms. The topological polar surface area (TPSA) is 55.7 Å². The van der Waals surface area contributed by atoms with Crippen molar-refractivity contribution in [3.8, 4) is 0 Å². The largest absolute Gasteiger partial charge is 0.293 e. The Bertz CT molecular complexity index is 1510. The third-order valence-corrected chi connectivity index (χ3v) is 8.10. The molecule has 0 amide bonds. The summed E-state index contributed by atoms with van der Waals surface area (Å²) in [5.41, 5.74) is 6.33. The van der Waals surface area contributed by atoms with Gasteiger partial charge in [-0.05, 0) is 43.5 Å². The second-order valence-corrected chi connectivity index (χ2v) is 9.98. The molecule has 5 aromatic rings. The highest BCUT2D eigenvalue weighted by molar-refractivity contribution is 8.01. The van der Waals surface area contributed by atoms with Gasteiger partial charge in [-0.3, -0.25) is 4.79 Å². The lowest BCUT2D eigenvalue weighted by atomic mass is 10.1. The summed E-state index contributed by atoms with van der Waals surface area (Å²) in [7, 11) is 0. The SMILES string of the molecule is Cc1cc(C)c2nc3sc4c(SC5Cc6ccccc6C5=O)ncnc4c3cc2c1. The fourth-order valence-electron chi connectivity index (χ4n) is 4.34. The van der Waals surface area contributed by atoms with Crippen LogP contribution in [0.2, 0.25) is 0 Å². The quantitative estimate of drug-likeness (QED) is 0.328. The van der Waals surface area contributed by atoms with Crippen LogP contribution < -0.4 is 0 Å². The van der Waals surface area contributed by atoms with Crippen LogP contribution >= 0.6 is 23.1 Å². The van der Waals surface area contributed by atoms with E-state index in [0.717, 1.165) is 53.9 Å². The number of carbonyl (C=O) groups excluding carboxylic acids is 1. The number of thiophene rings is 1. The number of nitrogens with zero attached hydrogens (tertiary/aromatic N) is 3. The Balaban J connectivity index is 1.48. The molecule has 1 atom stereocenters. The fourth-order valence-corrected chi connectivity index (χ4v) is 6.68. The van der Waals surface area contributed by atoms with E-state index < -0.39 is 0 Å². The Kier molecular flexibility index (Phi) is 3.95. The van der Waals surface area contributed by atoms with E-state index in [0.29, 0.717) is 0 Å². The van der Waals surface area contributed by atoms with Gasteiger partial charge in [-0.1, -0.05) is 47.7 Å². The number of aryl methyl sites for hydroxylation is 2. The molecular weight excluding hydrogens is 410 g/mol. The minimum absolute atomic E-state index is 0.136. The molecule has 0 fully saturated rings. The molecule has 0 radical (unpaired) electrons. The monoisotopic (exact) mass is 427 g/mol. The van der Waals surface area contributed by atoms with Gasteiger partial charge < -0.3 is 0 Å². The zero-order chi connectivity index (χ0) is 20.4. The molecule has 0 saturated carbocycles. The third kappa shape index (κ3) is 2.67. The molecule has 6 heteroatoms. The normalized spacial score (nSPS) is 16.1. The standard InChI is InChI=1S/C24H17N3OS2/c1-12-7-13(2)19-15(8-12)9-17-20-22(30-23(17)27-19)24(26-11-25-20)29-18-10-14-5-3-4-6-16(14)21(18)28/h3-9,11,18H,10H2,1-2H3. The van der Waals surface area contributed by atoms with Gasteiger partial charge in [-0.25, -0.2) is 15.0 Å². The number of hydrogen-bond acceptors (Lipinski definition) is 6. The van der Waals surface area contributed by atoms with E-state index in [2.05, 4.69) is 42.0 Å². The average molecular weight is 428 g/mol. The number of benzene rings is 2. The van der Waals surface area contributed by atoms with Gasteiger partial charge in [0.05, 0.1) is 21.0 Å². The molecule has 0 aliphatic heterocycles. The maximum atomic E-state index is 12.9. The number of ketones is 1. The van der Waals surface area contributed by atoms with Crippen molar-refractivity contribution in [3.63, 3.8) is 0 Å². The molecule has 1 aliphatic rings. The molecule has 1 unspecified atom stereocenters. The number of pyridine rings is 1. The molecule has 4 nitrogen and oxygen atoms in total. The first-order valence-corrected chi connectivity index (χ1v) is 11.5. The highest BCUT2D eigenvalue weighted by atomic mass is 32.2. The molecule has 30 heavy (non-hydrogen) atoms. The van der Waals surface area contributed by atoms with Crippen LogP contribution in [0.25, 0.3) is 31.3 Å². The molecule has 6 rings (SSSR count). The van der Waals surface area contributed by atoms with Gasteiger partial charge in [0, 0.05) is 16.3 Å². The number of thioether (sulfide) groups is 1. The highest BCUT2D eigenvalue weighted by Gasteiger charge is 2.32. The third-order valence-electron chi connectivity index (χ3n) is 5.68. The number of hydrogen-bond donors (Lipinski definition) is 0. The van der Waals surface area contributed by atoms with Crippen molar-refractivity contribution in [3.05, 3.63) is 71.0 Å². The van der Waals surface area contributed by atoms with Crippen LogP contribution in [-0.4, -0.2) is 26.0 Å². The molecule has 2 aromatic carbocycles. The van der Waals surface area contributed by atoms with Crippen LogP contribution in [0, 0.1) is 13.8 Å². The number of fused-ring (bicyclic) bond motifs is 5. The van der Waals surface area contributed by atoms with Gasteiger partial charge in [0.15, 0.2) is 5.78 Å². The summed E-state index contributed by atoms with van der Waals surface area (Å²) >= 11 is 3.17. The summed E-state index contributed by atoms with van der Waals surface area (Å²) in [6.07, 6.45) is 2.35. The van der Waals surface area contributed by atoms with E-state index in [1.165, 1.54) is 11.1 Å². The number of rotatable bonds is 2. The van der Waals surface area contributed by atoms with Crippen molar-refractivity contribution in [1.82, 2.24) is 15.0 Å². The number of carbonyl (C=O) groups is 1. The minimum atomic E-state index is -0.136. The Hall–Kier alpha value is -2.83. The van der Waals surface area contributed by atoms with Crippen LogP contribution in [0.15, 0.2) is 53.8 Å². The lowest BCUT2D eigenvalue weighted by Gasteiger charge is -2.07. The molecular formula is C24H17N3OS2. The van der Waals surface area contributed by atoms with Crippen LogP contribution in [0.5, 0.6) is 0 Å². The van der Waals surface area contributed by atoms with Crippen molar-refractivity contribution in [2.75, 3.05) is 0 Å². The first-order valence-electron chi connectivity index (χ1n) is 9.82. The number of Topliss-reactive ketones (excluding diaryl/α,β-unsaturated/α-hetero) is 1. The van der Waals surface area contributed by atoms with Crippen LogP contribution in [0.4, 0.5) is 0 Å². The summed E-state index contributed by atoms with van der Waals surface area (Å²) in [6, 6.07) is 14.4. The van der Waals surface area contributed by atoms with E-state index in [1.807, 2.05) is 24.3 Å². The Labute approximate surface area is 181 Å². The Morgan fingerprint density at radius 3 is 2.80 bits per heavy atom. The van der Waals surface area contributed by atoms with E-state index in [1.54, 1.807) is 29.4 Å². The smallest absolute Gasteiger partial charge is 0.176 e. The highest BCUT2D eigenvalue weighted by Crippen LogP contribution is 2.41. The van der Waals surface area contributed by atoms with Crippen LogP contribution in [-0.2, 0) is 6.42 Å². The molecule has 3 aromatic heterocycles. The fraction of sp³-hybridized carbons (Fsp3) is 0.167. The minimum Gasteiger partial charge on any atom is -0.293 e. The predicted octanol–water partition coefficient (Wildman–Crippen LogP) is 5.91. The Morgan fingerprint density at radius 2 is 1.93 bits per heavy atom. The lowest BCUT2D eigenvalue weighted by Crippen LogP contribution is -2.11.